The first-order chi connectivity index (χ1) is 9.30. The highest BCUT2D eigenvalue weighted by atomic mass is 16.3. The summed E-state index contributed by atoms with van der Waals surface area (Å²) in [6.07, 6.45) is 2.65. The fourth-order valence-corrected chi connectivity index (χ4v) is 2.38. The predicted octanol–water partition coefficient (Wildman–Crippen LogP) is -0.404. The van der Waals surface area contributed by atoms with Crippen LogP contribution in [-0.2, 0) is 9.59 Å². The summed E-state index contributed by atoms with van der Waals surface area (Å²) in [5.41, 5.74) is -0.938. The van der Waals surface area contributed by atoms with Crippen molar-refractivity contribution in [1.29, 1.82) is 0 Å². The molecule has 0 aromatic heterocycles. The van der Waals surface area contributed by atoms with Crippen LogP contribution in [0.25, 0.3) is 0 Å². The lowest BCUT2D eigenvalue weighted by molar-refractivity contribution is -0.134. The van der Waals surface area contributed by atoms with Gasteiger partial charge in [-0.05, 0) is 38.5 Å². The molecule has 4 amide bonds. The summed E-state index contributed by atoms with van der Waals surface area (Å²) in [4.78, 5) is 36.3. The number of rotatable bonds is 6. The van der Waals surface area contributed by atoms with Crippen molar-refractivity contribution in [2.45, 2.75) is 38.6 Å². The number of aliphatic hydroxyl groups excluding tert-OH is 1. The van der Waals surface area contributed by atoms with Crippen LogP contribution in [0.1, 0.15) is 33.1 Å². The number of carbonyl (C=O) groups excluding carboxylic acids is 3. The first kappa shape index (κ1) is 14.8. The topological polar surface area (TPSA) is 98.7 Å². The molecule has 0 atom stereocenters. The van der Waals surface area contributed by atoms with Gasteiger partial charge >= 0.3 is 6.03 Å². The molecule has 3 N–H and O–H groups in total. The molecule has 112 valence electrons. The van der Waals surface area contributed by atoms with Crippen molar-refractivity contribution < 1.29 is 19.5 Å². The third-order valence-corrected chi connectivity index (χ3v) is 4.01. The Hall–Kier alpha value is -1.63. The molecule has 1 saturated carbocycles. The van der Waals surface area contributed by atoms with Gasteiger partial charge in [-0.25, -0.2) is 4.79 Å². The highest BCUT2D eigenvalue weighted by Gasteiger charge is 2.45. The van der Waals surface area contributed by atoms with E-state index in [1.807, 2.05) is 0 Å². The van der Waals surface area contributed by atoms with Crippen LogP contribution in [0.4, 0.5) is 4.79 Å². The molecule has 0 spiro atoms. The van der Waals surface area contributed by atoms with Crippen molar-refractivity contribution in [2.24, 2.45) is 5.41 Å². The number of hydrogen-bond donors (Lipinski definition) is 3. The maximum Gasteiger partial charge on any atom is 0.325 e. The van der Waals surface area contributed by atoms with Gasteiger partial charge in [0.25, 0.3) is 5.91 Å². The average molecular weight is 283 g/mol. The second kappa shape index (κ2) is 5.05. The van der Waals surface area contributed by atoms with Gasteiger partial charge in [-0.1, -0.05) is 0 Å². The van der Waals surface area contributed by atoms with Crippen molar-refractivity contribution in [3.63, 3.8) is 0 Å². The van der Waals surface area contributed by atoms with Crippen LogP contribution >= 0.6 is 0 Å². The maximum atomic E-state index is 11.9. The maximum absolute atomic E-state index is 11.9. The van der Waals surface area contributed by atoms with E-state index in [-0.39, 0.29) is 24.5 Å². The molecule has 1 saturated heterocycles. The Morgan fingerprint density at radius 1 is 1.40 bits per heavy atom. The lowest BCUT2D eigenvalue weighted by Gasteiger charge is -2.18. The van der Waals surface area contributed by atoms with Gasteiger partial charge < -0.3 is 15.7 Å². The standard InChI is InChI=1S/C13H21N3O4/c1-12(2)10(19)16(11(20)15-12)7-9(18)14-8-13(3-4-13)5-6-17/h17H,3-8H2,1-2H3,(H,14,18)(H,15,20). The van der Waals surface area contributed by atoms with Gasteiger partial charge in [-0.3, -0.25) is 14.5 Å². The zero-order valence-corrected chi connectivity index (χ0v) is 11.9. The van der Waals surface area contributed by atoms with Crippen LogP contribution < -0.4 is 10.6 Å². The summed E-state index contributed by atoms with van der Waals surface area (Å²) in [5, 5.41) is 14.2. The van der Waals surface area contributed by atoms with E-state index in [1.165, 1.54) is 0 Å². The Kier molecular flexibility index (Phi) is 3.73. The minimum absolute atomic E-state index is 0.0148. The van der Waals surface area contributed by atoms with E-state index >= 15 is 0 Å². The van der Waals surface area contributed by atoms with Crippen LogP contribution in [0, 0.1) is 5.41 Å². The molecule has 0 unspecified atom stereocenters. The predicted molar refractivity (Wildman–Crippen MR) is 70.7 cm³/mol. The number of hydrogen-bond acceptors (Lipinski definition) is 4. The molecular weight excluding hydrogens is 262 g/mol. The van der Waals surface area contributed by atoms with Gasteiger partial charge in [0.1, 0.15) is 12.1 Å². The molecule has 20 heavy (non-hydrogen) atoms. The van der Waals surface area contributed by atoms with Crippen LogP contribution in [0.2, 0.25) is 0 Å². The Balaban J connectivity index is 1.83. The molecule has 7 heteroatoms. The van der Waals surface area contributed by atoms with E-state index in [4.69, 9.17) is 5.11 Å². The minimum Gasteiger partial charge on any atom is -0.396 e. The Morgan fingerprint density at radius 2 is 2.05 bits per heavy atom. The second-order valence-electron chi connectivity index (χ2n) is 6.20. The number of amides is 4. The van der Waals surface area contributed by atoms with E-state index in [1.54, 1.807) is 13.8 Å². The van der Waals surface area contributed by atoms with Crippen LogP contribution in [0.3, 0.4) is 0 Å². The number of carbonyl (C=O) groups is 3. The van der Waals surface area contributed by atoms with E-state index in [0.717, 1.165) is 17.7 Å². The zero-order chi connectivity index (χ0) is 15.0. The summed E-state index contributed by atoms with van der Waals surface area (Å²) in [7, 11) is 0. The van der Waals surface area contributed by atoms with Gasteiger partial charge in [-0.2, -0.15) is 0 Å². The van der Waals surface area contributed by atoms with Crippen LogP contribution in [0.5, 0.6) is 0 Å². The van der Waals surface area contributed by atoms with Crippen molar-refractivity contribution in [3.8, 4) is 0 Å². The van der Waals surface area contributed by atoms with E-state index in [0.29, 0.717) is 13.0 Å². The quantitative estimate of drug-likeness (QED) is 0.577. The number of nitrogens with one attached hydrogen (secondary N) is 2. The molecule has 1 aliphatic carbocycles. The first-order valence-electron chi connectivity index (χ1n) is 6.81. The largest absolute Gasteiger partial charge is 0.396 e. The summed E-state index contributed by atoms with van der Waals surface area (Å²) >= 11 is 0. The van der Waals surface area contributed by atoms with Gasteiger partial charge in [0.05, 0.1) is 0 Å². The SMILES string of the molecule is CC1(C)NC(=O)N(CC(=O)NCC2(CCO)CC2)C1=O. The molecule has 0 radical (unpaired) electrons. The molecular formula is C13H21N3O4. The molecule has 1 aliphatic heterocycles. The van der Waals surface area contributed by atoms with E-state index < -0.39 is 17.5 Å². The molecule has 7 nitrogen and oxygen atoms in total. The van der Waals surface area contributed by atoms with Crippen molar-refractivity contribution in [1.82, 2.24) is 15.5 Å². The Labute approximate surface area is 117 Å². The van der Waals surface area contributed by atoms with Gasteiger partial charge in [0.2, 0.25) is 5.91 Å². The lowest BCUT2D eigenvalue weighted by Crippen LogP contribution is -2.44. The highest BCUT2D eigenvalue weighted by molar-refractivity contribution is 6.08. The number of nitrogens with zero attached hydrogens (tertiary/aromatic N) is 1. The molecule has 0 aromatic carbocycles. The van der Waals surface area contributed by atoms with Crippen LogP contribution in [-0.4, -0.2) is 53.1 Å². The second-order valence-corrected chi connectivity index (χ2v) is 6.20. The molecule has 2 rings (SSSR count). The average Bonchev–Trinajstić information content (AvgIpc) is 3.09. The minimum atomic E-state index is -0.952. The fraction of sp³-hybridized carbons (Fsp3) is 0.769. The van der Waals surface area contributed by atoms with Crippen molar-refractivity contribution in [2.75, 3.05) is 19.7 Å². The molecule has 1 heterocycles. The van der Waals surface area contributed by atoms with Crippen LogP contribution in [0.15, 0.2) is 0 Å². The highest BCUT2D eigenvalue weighted by Crippen LogP contribution is 2.47. The molecule has 0 bridgehead atoms. The van der Waals surface area contributed by atoms with E-state index in [2.05, 4.69) is 10.6 Å². The third-order valence-electron chi connectivity index (χ3n) is 4.01. The molecule has 2 fully saturated rings. The first-order valence-corrected chi connectivity index (χ1v) is 6.81. The number of imide groups is 1. The fourth-order valence-electron chi connectivity index (χ4n) is 2.38. The lowest BCUT2D eigenvalue weighted by atomic mass is 10.0. The Bertz CT molecular complexity index is 443. The van der Waals surface area contributed by atoms with Gasteiger partial charge in [-0.15, -0.1) is 0 Å². The third kappa shape index (κ3) is 2.92. The Morgan fingerprint density at radius 3 is 2.50 bits per heavy atom. The summed E-state index contributed by atoms with van der Waals surface area (Å²) in [6, 6.07) is -0.536. The molecule has 0 aromatic rings. The van der Waals surface area contributed by atoms with E-state index in [9.17, 15) is 14.4 Å². The smallest absolute Gasteiger partial charge is 0.325 e. The normalized spacial score (nSPS) is 22.6. The monoisotopic (exact) mass is 283 g/mol. The molecule has 2 aliphatic rings. The zero-order valence-electron chi connectivity index (χ0n) is 11.9. The number of urea groups is 1. The van der Waals surface area contributed by atoms with Gasteiger partial charge in [0, 0.05) is 13.2 Å². The number of aliphatic hydroxyl groups is 1. The van der Waals surface area contributed by atoms with Crippen molar-refractivity contribution >= 4 is 17.8 Å². The van der Waals surface area contributed by atoms with Gasteiger partial charge in [0.15, 0.2) is 0 Å². The summed E-state index contributed by atoms with van der Waals surface area (Å²) in [5.74, 6) is -0.746. The summed E-state index contributed by atoms with van der Waals surface area (Å²) in [6.45, 7) is 3.54. The van der Waals surface area contributed by atoms with Crippen molar-refractivity contribution in [3.05, 3.63) is 0 Å². The summed E-state index contributed by atoms with van der Waals surface area (Å²) < 4.78 is 0.